The number of methoxy groups -OCH3 is 1. The topological polar surface area (TPSA) is 74.2 Å². The van der Waals surface area contributed by atoms with E-state index in [2.05, 4.69) is 0 Å². The number of ether oxygens (including phenoxy) is 4. The highest BCUT2D eigenvalue weighted by molar-refractivity contribution is 5.97. The standard InChI is InChI=1S/C28H28O6/c1-4-32-21-15-23(33-5-2)26-24(16-21)34-28(19-11-13-20(31-3)14-12-19)22(17-25(29)27(26,28)30)18-9-7-6-8-10-18/h6-16,22,30H,4-5,17H2,1-3H3. The molecule has 1 aliphatic heterocycles. The summed E-state index contributed by atoms with van der Waals surface area (Å²) in [5.41, 5.74) is -1.36. The van der Waals surface area contributed by atoms with Gasteiger partial charge in [-0.05, 0) is 31.5 Å². The molecule has 1 fully saturated rings. The Kier molecular flexibility index (Phi) is 5.48. The summed E-state index contributed by atoms with van der Waals surface area (Å²) in [5.74, 6) is 1.29. The Hall–Kier alpha value is -3.51. The monoisotopic (exact) mass is 460 g/mol. The molecule has 1 saturated carbocycles. The third kappa shape index (κ3) is 3.02. The zero-order valence-electron chi connectivity index (χ0n) is 19.5. The first-order valence-corrected chi connectivity index (χ1v) is 11.6. The predicted molar refractivity (Wildman–Crippen MR) is 127 cm³/mol. The summed E-state index contributed by atoms with van der Waals surface area (Å²) in [4.78, 5) is 13.8. The molecule has 0 amide bonds. The molecule has 1 aliphatic carbocycles. The number of aliphatic hydroxyl groups is 1. The number of fused-ring (bicyclic) bond motifs is 3. The van der Waals surface area contributed by atoms with Crippen molar-refractivity contribution in [1.82, 2.24) is 0 Å². The maximum atomic E-state index is 13.8. The van der Waals surface area contributed by atoms with Crippen molar-refractivity contribution in [3.63, 3.8) is 0 Å². The largest absolute Gasteiger partial charge is 0.497 e. The Bertz CT molecular complexity index is 1210. The lowest BCUT2D eigenvalue weighted by Gasteiger charge is -2.39. The van der Waals surface area contributed by atoms with Gasteiger partial charge in [0, 0.05) is 30.0 Å². The van der Waals surface area contributed by atoms with Crippen molar-refractivity contribution in [2.75, 3.05) is 20.3 Å². The van der Waals surface area contributed by atoms with Crippen LogP contribution in [0, 0.1) is 0 Å². The Balaban J connectivity index is 1.79. The van der Waals surface area contributed by atoms with E-state index in [9.17, 15) is 9.90 Å². The summed E-state index contributed by atoms with van der Waals surface area (Å²) in [7, 11) is 1.60. The van der Waals surface area contributed by atoms with E-state index < -0.39 is 17.1 Å². The molecule has 6 heteroatoms. The van der Waals surface area contributed by atoms with Crippen LogP contribution in [0.2, 0.25) is 0 Å². The molecule has 3 unspecified atom stereocenters. The minimum Gasteiger partial charge on any atom is -0.497 e. The van der Waals surface area contributed by atoms with Gasteiger partial charge < -0.3 is 24.1 Å². The lowest BCUT2D eigenvalue weighted by molar-refractivity contribution is -0.151. The highest BCUT2D eigenvalue weighted by Gasteiger charge is 2.74. The average Bonchev–Trinajstić information content (AvgIpc) is 3.25. The number of hydrogen-bond donors (Lipinski definition) is 1. The minimum atomic E-state index is -1.94. The molecule has 0 radical (unpaired) electrons. The number of rotatable bonds is 7. The van der Waals surface area contributed by atoms with E-state index in [0.717, 1.165) is 5.56 Å². The summed E-state index contributed by atoms with van der Waals surface area (Å²) in [6, 6.07) is 20.5. The Morgan fingerprint density at radius 3 is 2.32 bits per heavy atom. The smallest absolute Gasteiger partial charge is 0.200 e. The second-order valence-corrected chi connectivity index (χ2v) is 8.53. The zero-order chi connectivity index (χ0) is 23.9. The van der Waals surface area contributed by atoms with Gasteiger partial charge in [0.15, 0.2) is 17.0 Å². The van der Waals surface area contributed by atoms with E-state index in [1.54, 1.807) is 19.2 Å². The van der Waals surface area contributed by atoms with E-state index in [0.29, 0.717) is 47.3 Å². The molecule has 3 aromatic carbocycles. The van der Waals surface area contributed by atoms with E-state index in [1.165, 1.54) is 0 Å². The van der Waals surface area contributed by atoms with Crippen molar-refractivity contribution >= 4 is 5.78 Å². The summed E-state index contributed by atoms with van der Waals surface area (Å²) in [6.07, 6.45) is 0.130. The first-order chi connectivity index (χ1) is 16.5. The molecule has 3 aromatic rings. The number of ketones is 1. The van der Waals surface area contributed by atoms with Crippen molar-refractivity contribution < 1.29 is 28.8 Å². The zero-order valence-corrected chi connectivity index (χ0v) is 19.5. The molecule has 1 N–H and O–H groups in total. The van der Waals surface area contributed by atoms with Gasteiger partial charge in [-0.3, -0.25) is 4.79 Å². The number of benzene rings is 3. The van der Waals surface area contributed by atoms with Crippen LogP contribution in [-0.2, 0) is 16.0 Å². The van der Waals surface area contributed by atoms with Gasteiger partial charge in [-0.1, -0.05) is 42.5 Å². The van der Waals surface area contributed by atoms with Gasteiger partial charge in [0.2, 0.25) is 0 Å². The lowest BCUT2D eigenvalue weighted by Crippen LogP contribution is -2.50. The van der Waals surface area contributed by atoms with Crippen molar-refractivity contribution in [3.8, 4) is 23.0 Å². The fourth-order valence-corrected chi connectivity index (χ4v) is 5.45. The lowest BCUT2D eigenvalue weighted by atomic mass is 9.71. The van der Waals surface area contributed by atoms with Crippen LogP contribution in [-0.4, -0.2) is 31.2 Å². The summed E-state index contributed by atoms with van der Waals surface area (Å²) in [5, 5.41) is 12.4. The fourth-order valence-electron chi connectivity index (χ4n) is 5.45. The van der Waals surface area contributed by atoms with Crippen molar-refractivity contribution in [3.05, 3.63) is 83.4 Å². The molecule has 5 rings (SSSR count). The molecule has 0 saturated heterocycles. The molecule has 176 valence electrons. The van der Waals surface area contributed by atoms with E-state index in [-0.39, 0.29) is 12.2 Å². The highest BCUT2D eigenvalue weighted by atomic mass is 16.5. The van der Waals surface area contributed by atoms with Gasteiger partial charge in [0.25, 0.3) is 0 Å². The second-order valence-electron chi connectivity index (χ2n) is 8.53. The summed E-state index contributed by atoms with van der Waals surface area (Å²) in [6.45, 7) is 4.58. The van der Waals surface area contributed by atoms with E-state index in [4.69, 9.17) is 18.9 Å². The van der Waals surface area contributed by atoms with Crippen LogP contribution >= 0.6 is 0 Å². The van der Waals surface area contributed by atoms with Crippen LogP contribution in [0.25, 0.3) is 0 Å². The molecule has 6 nitrogen and oxygen atoms in total. The highest BCUT2D eigenvalue weighted by Crippen LogP contribution is 2.67. The number of Topliss-reactive ketones (excluding diaryl/α,β-unsaturated/α-hetero) is 1. The minimum absolute atomic E-state index is 0.130. The van der Waals surface area contributed by atoms with Gasteiger partial charge in [-0.15, -0.1) is 0 Å². The Labute approximate surface area is 199 Å². The third-order valence-corrected chi connectivity index (χ3v) is 6.83. The summed E-state index contributed by atoms with van der Waals surface area (Å²) >= 11 is 0. The first-order valence-electron chi connectivity index (χ1n) is 11.6. The van der Waals surface area contributed by atoms with Crippen LogP contribution in [0.5, 0.6) is 23.0 Å². The molecular formula is C28H28O6. The van der Waals surface area contributed by atoms with Crippen LogP contribution in [0.3, 0.4) is 0 Å². The summed E-state index contributed by atoms with van der Waals surface area (Å²) < 4.78 is 23.7. The van der Waals surface area contributed by atoms with Gasteiger partial charge in [0.1, 0.15) is 23.0 Å². The normalized spacial score (nSPS) is 24.8. The maximum absolute atomic E-state index is 13.8. The quantitative estimate of drug-likeness (QED) is 0.550. The first kappa shape index (κ1) is 22.3. The van der Waals surface area contributed by atoms with Crippen LogP contribution in [0.15, 0.2) is 66.7 Å². The molecule has 3 atom stereocenters. The second kappa shape index (κ2) is 8.37. The molecule has 0 aromatic heterocycles. The van der Waals surface area contributed by atoms with Crippen molar-refractivity contribution in [2.45, 2.75) is 37.4 Å². The van der Waals surface area contributed by atoms with Gasteiger partial charge in [0.05, 0.1) is 25.9 Å². The molecule has 1 heterocycles. The SMILES string of the molecule is CCOc1cc(OCC)c2c(c1)OC1(c3ccc(OC)cc3)C(c3ccccc3)CC(=O)C21O. The van der Waals surface area contributed by atoms with Crippen molar-refractivity contribution in [1.29, 1.82) is 0 Å². The van der Waals surface area contributed by atoms with Gasteiger partial charge >= 0.3 is 0 Å². The fraction of sp³-hybridized carbons (Fsp3) is 0.321. The molecule has 0 spiro atoms. The van der Waals surface area contributed by atoms with Crippen LogP contribution in [0.1, 0.15) is 42.9 Å². The molecular weight excluding hydrogens is 432 g/mol. The van der Waals surface area contributed by atoms with E-state index >= 15 is 0 Å². The molecule has 34 heavy (non-hydrogen) atoms. The number of hydrogen-bond acceptors (Lipinski definition) is 6. The van der Waals surface area contributed by atoms with Gasteiger partial charge in [-0.2, -0.15) is 0 Å². The molecule has 0 bridgehead atoms. The van der Waals surface area contributed by atoms with E-state index in [1.807, 2.05) is 68.4 Å². The van der Waals surface area contributed by atoms with Crippen molar-refractivity contribution in [2.24, 2.45) is 0 Å². The maximum Gasteiger partial charge on any atom is 0.200 e. The van der Waals surface area contributed by atoms with Crippen LogP contribution < -0.4 is 18.9 Å². The average molecular weight is 461 g/mol. The Morgan fingerprint density at radius 1 is 0.971 bits per heavy atom. The third-order valence-electron chi connectivity index (χ3n) is 6.83. The predicted octanol–water partition coefficient (Wildman–Crippen LogP) is 4.72. The molecule has 2 aliphatic rings. The number of carbonyl (C=O) groups is 1. The number of carbonyl (C=O) groups excluding carboxylic acids is 1. The Morgan fingerprint density at radius 2 is 1.68 bits per heavy atom. The van der Waals surface area contributed by atoms with Gasteiger partial charge in [-0.25, -0.2) is 0 Å². The van der Waals surface area contributed by atoms with Crippen LogP contribution in [0.4, 0.5) is 0 Å².